The second-order valence-electron chi connectivity index (χ2n) is 7.12. The summed E-state index contributed by atoms with van der Waals surface area (Å²) in [7, 11) is 0.468. The number of benzene rings is 1. The lowest BCUT2D eigenvalue weighted by atomic mass is 9.95. The van der Waals surface area contributed by atoms with E-state index in [0.717, 1.165) is 25.7 Å². The molecule has 2 rings (SSSR count). The summed E-state index contributed by atoms with van der Waals surface area (Å²) in [4.78, 5) is 4.56. The lowest BCUT2D eigenvalue weighted by molar-refractivity contribution is 0.413. The van der Waals surface area contributed by atoms with Gasteiger partial charge in [-0.05, 0) is 30.9 Å². The minimum atomic E-state index is -3.51. The van der Waals surface area contributed by atoms with Crippen LogP contribution in [0.5, 0.6) is 0 Å². The molecule has 0 saturated heterocycles. The Bertz CT molecular complexity index is 809. The summed E-state index contributed by atoms with van der Waals surface area (Å²) in [6, 6.07) is 7.20. The van der Waals surface area contributed by atoms with Gasteiger partial charge in [0.2, 0.25) is 10.0 Å². The van der Waals surface area contributed by atoms with Gasteiger partial charge in [0, 0.05) is 55.5 Å². The summed E-state index contributed by atoms with van der Waals surface area (Å²) in [5.41, 5.74) is 0.688. The zero-order valence-corrected chi connectivity index (χ0v) is 18.8. The zero-order chi connectivity index (χ0) is 20.7. The van der Waals surface area contributed by atoms with E-state index in [0.29, 0.717) is 28.7 Å². The molecule has 1 saturated carbocycles. The highest BCUT2D eigenvalue weighted by Crippen LogP contribution is 2.23. The first kappa shape index (κ1) is 22.8. The molecule has 9 heteroatoms. The van der Waals surface area contributed by atoms with Gasteiger partial charge in [-0.15, -0.1) is 0 Å². The molecule has 28 heavy (non-hydrogen) atoms. The fourth-order valence-electron chi connectivity index (χ4n) is 3.42. The summed E-state index contributed by atoms with van der Waals surface area (Å²) in [6.45, 7) is 2.31. The van der Waals surface area contributed by atoms with Crippen molar-refractivity contribution in [3.8, 4) is 0 Å². The summed E-state index contributed by atoms with van der Waals surface area (Å²) < 4.78 is 38.4. The van der Waals surface area contributed by atoms with Crippen LogP contribution in [0.3, 0.4) is 0 Å². The highest BCUT2D eigenvalue weighted by Gasteiger charge is 2.26. The van der Waals surface area contributed by atoms with Gasteiger partial charge in [-0.2, -0.15) is 0 Å². The molecule has 2 N–H and O–H groups in total. The second kappa shape index (κ2) is 10.4. The van der Waals surface area contributed by atoms with E-state index in [1.54, 1.807) is 25.2 Å². The number of guanidine groups is 1. The minimum Gasteiger partial charge on any atom is -0.354 e. The second-order valence-corrected chi connectivity index (χ2v) is 11.2. The van der Waals surface area contributed by atoms with Crippen molar-refractivity contribution in [1.82, 2.24) is 14.9 Å². The molecule has 1 aromatic carbocycles. The molecule has 3 unspecified atom stereocenters. The SMILES string of the molecule is CCS(=O)C1CCCC(NC(=NC)NCc2ccccc2S(=O)(=O)N(C)C)C1. The first-order valence-corrected chi connectivity index (χ1v) is 12.5. The predicted molar refractivity (Wildman–Crippen MR) is 115 cm³/mol. The molecule has 0 bridgehead atoms. The van der Waals surface area contributed by atoms with Crippen molar-refractivity contribution in [3.63, 3.8) is 0 Å². The average molecular weight is 429 g/mol. The van der Waals surface area contributed by atoms with Crippen LogP contribution >= 0.6 is 0 Å². The third-order valence-corrected chi connectivity index (χ3v) is 8.68. The van der Waals surface area contributed by atoms with Crippen molar-refractivity contribution in [2.75, 3.05) is 26.9 Å². The van der Waals surface area contributed by atoms with Crippen molar-refractivity contribution >= 4 is 26.8 Å². The van der Waals surface area contributed by atoms with Crippen LogP contribution in [0.4, 0.5) is 0 Å². The van der Waals surface area contributed by atoms with Gasteiger partial charge in [0.1, 0.15) is 0 Å². The molecule has 0 amide bonds. The molecule has 0 heterocycles. The lowest BCUT2D eigenvalue weighted by Gasteiger charge is -2.30. The molecule has 1 fully saturated rings. The van der Waals surface area contributed by atoms with Gasteiger partial charge in [-0.1, -0.05) is 31.5 Å². The Hall–Kier alpha value is -1.45. The maximum atomic E-state index is 12.5. The van der Waals surface area contributed by atoms with Crippen LogP contribution in [0.15, 0.2) is 34.2 Å². The Balaban J connectivity index is 2.03. The van der Waals surface area contributed by atoms with Crippen LogP contribution in [0, 0.1) is 0 Å². The van der Waals surface area contributed by atoms with E-state index in [4.69, 9.17) is 0 Å². The van der Waals surface area contributed by atoms with Gasteiger partial charge in [0.25, 0.3) is 0 Å². The van der Waals surface area contributed by atoms with Crippen molar-refractivity contribution in [3.05, 3.63) is 29.8 Å². The summed E-state index contributed by atoms with van der Waals surface area (Å²) in [5, 5.41) is 6.87. The molecule has 0 aliphatic heterocycles. The maximum absolute atomic E-state index is 12.5. The molecule has 0 spiro atoms. The smallest absolute Gasteiger partial charge is 0.242 e. The number of nitrogens with one attached hydrogen (secondary N) is 2. The zero-order valence-electron chi connectivity index (χ0n) is 17.1. The maximum Gasteiger partial charge on any atom is 0.242 e. The molecular formula is C19H32N4O3S2. The Labute approximate surface area is 171 Å². The normalized spacial score (nSPS) is 22.1. The summed E-state index contributed by atoms with van der Waals surface area (Å²) >= 11 is 0. The van der Waals surface area contributed by atoms with Crippen molar-refractivity contribution in [1.29, 1.82) is 0 Å². The van der Waals surface area contributed by atoms with E-state index >= 15 is 0 Å². The van der Waals surface area contributed by atoms with E-state index in [9.17, 15) is 12.6 Å². The number of nitrogens with zero attached hydrogens (tertiary/aromatic N) is 2. The van der Waals surface area contributed by atoms with E-state index in [-0.39, 0.29) is 11.3 Å². The Kier molecular flexibility index (Phi) is 8.45. The first-order valence-electron chi connectivity index (χ1n) is 9.64. The van der Waals surface area contributed by atoms with E-state index in [1.165, 1.54) is 18.4 Å². The fourth-order valence-corrected chi connectivity index (χ4v) is 5.88. The molecule has 1 aromatic rings. The summed E-state index contributed by atoms with van der Waals surface area (Å²) in [5.74, 6) is 1.33. The first-order chi connectivity index (χ1) is 13.3. The van der Waals surface area contributed by atoms with Crippen LogP contribution in [0.25, 0.3) is 0 Å². The Morgan fingerprint density at radius 1 is 1.29 bits per heavy atom. The van der Waals surface area contributed by atoms with Crippen LogP contribution < -0.4 is 10.6 Å². The van der Waals surface area contributed by atoms with Gasteiger partial charge in [0.15, 0.2) is 5.96 Å². The van der Waals surface area contributed by atoms with E-state index in [2.05, 4.69) is 15.6 Å². The minimum absolute atomic E-state index is 0.223. The molecule has 7 nitrogen and oxygen atoms in total. The van der Waals surface area contributed by atoms with Crippen LogP contribution in [-0.2, 0) is 27.4 Å². The molecule has 1 aliphatic carbocycles. The standard InChI is InChI=1S/C19H32N4O3S2/c1-5-27(24)17-11-8-10-16(13-17)22-19(20-2)21-14-15-9-6-7-12-18(15)28(25,26)23(3)4/h6-7,9,12,16-17H,5,8,10-11,13-14H2,1-4H3,(H2,20,21,22). The fraction of sp³-hybridized carbons (Fsp3) is 0.632. The number of hydrogen-bond acceptors (Lipinski definition) is 4. The third-order valence-electron chi connectivity index (χ3n) is 5.02. The van der Waals surface area contributed by atoms with Crippen molar-refractivity contribution in [2.24, 2.45) is 4.99 Å². The van der Waals surface area contributed by atoms with Crippen LogP contribution in [-0.4, -0.2) is 61.1 Å². The van der Waals surface area contributed by atoms with Crippen LogP contribution in [0.1, 0.15) is 38.2 Å². The topological polar surface area (TPSA) is 90.9 Å². The highest BCUT2D eigenvalue weighted by atomic mass is 32.2. The average Bonchev–Trinajstić information content (AvgIpc) is 2.70. The predicted octanol–water partition coefficient (Wildman–Crippen LogP) is 1.68. The van der Waals surface area contributed by atoms with Crippen LogP contribution in [0.2, 0.25) is 0 Å². The Morgan fingerprint density at radius 2 is 2.00 bits per heavy atom. The highest BCUT2D eigenvalue weighted by molar-refractivity contribution is 7.89. The third kappa shape index (κ3) is 5.78. The van der Waals surface area contributed by atoms with E-state index < -0.39 is 20.8 Å². The quantitative estimate of drug-likeness (QED) is 0.509. The van der Waals surface area contributed by atoms with Gasteiger partial charge >= 0.3 is 0 Å². The number of rotatable bonds is 7. The van der Waals surface area contributed by atoms with E-state index in [1.807, 2.05) is 13.0 Å². The summed E-state index contributed by atoms with van der Waals surface area (Å²) in [6.07, 6.45) is 3.95. The number of sulfonamides is 1. The monoisotopic (exact) mass is 428 g/mol. The molecule has 158 valence electrons. The molecule has 1 aliphatic rings. The molecule has 0 radical (unpaired) electrons. The largest absolute Gasteiger partial charge is 0.354 e. The molecular weight excluding hydrogens is 396 g/mol. The van der Waals surface area contributed by atoms with Gasteiger partial charge in [-0.3, -0.25) is 9.20 Å². The van der Waals surface area contributed by atoms with Gasteiger partial charge in [0.05, 0.1) is 4.90 Å². The Morgan fingerprint density at radius 3 is 2.64 bits per heavy atom. The number of hydrogen-bond donors (Lipinski definition) is 2. The molecule has 3 atom stereocenters. The van der Waals surface area contributed by atoms with Gasteiger partial charge < -0.3 is 10.6 Å². The number of aliphatic imine (C=N–C) groups is 1. The van der Waals surface area contributed by atoms with Crippen molar-refractivity contribution in [2.45, 2.75) is 55.3 Å². The van der Waals surface area contributed by atoms with Gasteiger partial charge in [-0.25, -0.2) is 12.7 Å². The van der Waals surface area contributed by atoms with Crippen molar-refractivity contribution < 1.29 is 12.6 Å². The molecule has 0 aromatic heterocycles. The lowest BCUT2D eigenvalue weighted by Crippen LogP contribution is -2.46.